The average Bonchev–Trinajstić information content (AvgIpc) is 3.52. The molecule has 0 atom stereocenters. The molecule has 0 spiro atoms. The van der Waals surface area contributed by atoms with Crippen molar-refractivity contribution in [3.63, 3.8) is 0 Å². The van der Waals surface area contributed by atoms with Gasteiger partial charge in [0, 0.05) is 34.5 Å². The van der Waals surface area contributed by atoms with Gasteiger partial charge in [0.2, 0.25) is 0 Å². The van der Waals surface area contributed by atoms with E-state index in [2.05, 4.69) is 101 Å². The van der Waals surface area contributed by atoms with Crippen LogP contribution in [0.3, 0.4) is 0 Å². The van der Waals surface area contributed by atoms with Crippen LogP contribution in [0.2, 0.25) is 0 Å². The van der Waals surface area contributed by atoms with Crippen LogP contribution in [0.1, 0.15) is 51.1 Å². The first-order chi connectivity index (χ1) is 22.5. The van der Waals surface area contributed by atoms with Crippen LogP contribution in [0, 0.1) is 38.3 Å². The number of rotatable bonds is 7. The summed E-state index contributed by atoms with van der Waals surface area (Å²) in [5, 5.41) is 6.95. The predicted octanol–water partition coefficient (Wildman–Crippen LogP) is 10.3. The van der Waals surface area contributed by atoms with E-state index < -0.39 is 0 Å². The van der Waals surface area contributed by atoms with Gasteiger partial charge in [-0.25, -0.2) is 4.98 Å². The van der Waals surface area contributed by atoms with Gasteiger partial charge >= 0.3 is 21.1 Å². The monoisotopic (exact) mass is 798 g/mol. The maximum Gasteiger partial charge on any atom is 2.00 e. The molecule has 238 valence electrons. The van der Waals surface area contributed by atoms with Crippen molar-refractivity contribution in [3.8, 4) is 34.1 Å². The second-order valence-electron chi connectivity index (χ2n) is 13.3. The van der Waals surface area contributed by atoms with E-state index in [1.165, 1.54) is 5.56 Å². The Labute approximate surface area is 292 Å². The zero-order valence-electron chi connectivity index (χ0n) is 28.6. The van der Waals surface area contributed by atoms with Crippen molar-refractivity contribution in [2.75, 3.05) is 0 Å². The van der Waals surface area contributed by atoms with Gasteiger partial charge in [0.25, 0.3) is 0 Å². The molecule has 6 heteroatoms. The van der Waals surface area contributed by atoms with E-state index in [1.54, 1.807) is 0 Å². The quantitative estimate of drug-likeness (QED) is 0.151. The standard InChI is InChI=1S/C41H38N4O.Pt/c1-27-19-21-42-39(22-27)44-37-15-11-10-14-35(37)36-17-16-33(26-38(36)44)46-34-24-30(18-20-41(4,5)6)23-32(25-34)45-29(3)40(28(2)43-45)31-12-8-7-9-13-31;/h7-17,19,21-24H,18,20H2,1-6H3;/q-2;+2/i10D;. The second-order valence-corrected chi connectivity index (χ2v) is 13.3. The van der Waals surface area contributed by atoms with Gasteiger partial charge in [-0.05, 0) is 79.4 Å². The molecular weight excluding hydrogens is 760 g/mol. The molecule has 0 radical (unpaired) electrons. The van der Waals surface area contributed by atoms with Crippen molar-refractivity contribution in [2.24, 2.45) is 5.41 Å². The summed E-state index contributed by atoms with van der Waals surface area (Å²) in [4.78, 5) is 4.69. The minimum atomic E-state index is 0. The first kappa shape index (κ1) is 31.1. The molecule has 0 aliphatic rings. The van der Waals surface area contributed by atoms with Crippen LogP contribution in [-0.2, 0) is 27.5 Å². The second kappa shape index (κ2) is 13.0. The molecule has 0 N–H and O–H groups in total. The molecule has 0 aliphatic heterocycles. The number of ether oxygens (including phenoxy) is 1. The SMILES string of the molecule is [2H]c1ccc2c(c1)c1ccc(Oc3[c-]c(-n4nc(C)c(-c5ccccc5)c4C)cc(CCC(C)(C)C)c3)[c-]c1n2-c1cc(C)ccn1.[Pt+2]. The van der Waals surface area contributed by atoms with Crippen molar-refractivity contribution in [3.05, 3.63) is 132 Å². The maximum atomic E-state index is 8.28. The molecule has 0 aliphatic carbocycles. The van der Waals surface area contributed by atoms with Gasteiger partial charge in [0.05, 0.1) is 7.06 Å². The van der Waals surface area contributed by atoms with E-state index in [0.29, 0.717) is 17.5 Å². The van der Waals surface area contributed by atoms with Crippen LogP contribution in [0.25, 0.3) is 44.4 Å². The van der Waals surface area contributed by atoms with Crippen molar-refractivity contribution in [2.45, 2.75) is 54.4 Å². The van der Waals surface area contributed by atoms with Crippen LogP contribution >= 0.6 is 0 Å². The molecular formula is C41H38N4OPt. The van der Waals surface area contributed by atoms with Crippen molar-refractivity contribution in [1.82, 2.24) is 19.3 Å². The van der Waals surface area contributed by atoms with Crippen LogP contribution in [-0.4, -0.2) is 19.3 Å². The summed E-state index contributed by atoms with van der Waals surface area (Å²) in [6, 6.07) is 35.9. The van der Waals surface area contributed by atoms with Crippen LogP contribution in [0.4, 0.5) is 0 Å². The fourth-order valence-corrected chi connectivity index (χ4v) is 6.19. The Hall–Kier alpha value is -4.47. The van der Waals surface area contributed by atoms with E-state index in [0.717, 1.165) is 74.2 Å². The third-order valence-electron chi connectivity index (χ3n) is 8.48. The molecule has 0 fully saturated rings. The molecule has 0 bridgehead atoms. The minimum absolute atomic E-state index is 0. The number of pyridine rings is 1. The molecule has 3 aromatic heterocycles. The summed E-state index contributed by atoms with van der Waals surface area (Å²) in [6.07, 6.45) is 3.75. The van der Waals surface area contributed by atoms with E-state index >= 15 is 0 Å². The van der Waals surface area contributed by atoms with Gasteiger partial charge in [-0.2, -0.15) is 16.7 Å². The summed E-state index contributed by atoms with van der Waals surface area (Å²) in [5.41, 5.74) is 9.43. The van der Waals surface area contributed by atoms with E-state index in [9.17, 15) is 0 Å². The Balaban J connectivity index is 0.00000401. The number of hydrogen-bond acceptors (Lipinski definition) is 3. The van der Waals surface area contributed by atoms with E-state index in [1.807, 2.05) is 53.3 Å². The fraction of sp³-hybridized carbons (Fsp3) is 0.220. The molecule has 0 saturated heterocycles. The first-order valence-electron chi connectivity index (χ1n) is 16.3. The number of benzene rings is 4. The molecule has 7 rings (SSSR count). The number of fused-ring (bicyclic) bond motifs is 3. The molecule has 5 nitrogen and oxygen atoms in total. The number of nitrogens with zero attached hydrogens (tertiary/aromatic N) is 4. The zero-order valence-corrected chi connectivity index (χ0v) is 29.9. The molecule has 4 aromatic carbocycles. The Bertz CT molecular complexity index is 2260. The van der Waals surface area contributed by atoms with Gasteiger partial charge < -0.3 is 9.30 Å². The summed E-state index contributed by atoms with van der Waals surface area (Å²) in [6.45, 7) is 13.0. The van der Waals surface area contributed by atoms with Crippen molar-refractivity contribution < 1.29 is 27.2 Å². The number of para-hydroxylation sites is 1. The molecule has 0 amide bonds. The van der Waals surface area contributed by atoms with Gasteiger partial charge in [-0.1, -0.05) is 74.8 Å². The van der Waals surface area contributed by atoms with Gasteiger partial charge in [0.1, 0.15) is 5.82 Å². The van der Waals surface area contributed by atoms with E-state index in [4.69, 9.17) is 16.2 Å². The van der Waals surface area contributed by atoms with Gasteiger partial charge in [-0.15, -0.1) is 35.7 Å². The van der Waals surface area contributed by atoms with Crippen molar-refractivity contribution in [1.29, 1.82) is 0 Å². The molecule has 3 heterocycles. The number of aryl methyl sites for hydroxylation is 3. The molecule has 0 unspecified atom stereocenters. The normalized spacial score (nSPS) is 11.9. The number of hydrogen-bond donors (Lipinski definition) is 0. The average molecular weight is 799 g/mol. The maximum absolute atomic E-state index is 8.28. The molecule has 7 aromatic rings. The largest absolute Gasteiger partial charge is 2.00 e. The van der Waals surface area contributed by atoms with Gasteiger partial charge in [0.15, 0.2) is 0 Å². The Kier molecular flexibility index (Phi) is 8.59. The summed E-state index contributed by atoms with van der Waals surface area (Å²) < 4.78 is 19.0. The van der Waals surface area contributed by atoms with E-state index in [-0.39, 0.29) is 26.5 Å². The van der Waals surface area contributed by atoms with Crippen LogP contribution in [0.15, 0.2) is 97.2 Å². The Morgan fingerprint density at radius 1 is 0.851 bits per heavy atom. The van der Waals surface area contributed by atoms with Crippen LogP contribution < -0.4 is 4.74 Å². The molecule has 47 heavy (non-hydrogen) atoms. The fourth-order valence-electron chi connectivity index (χ4n) is 6.19. The van der Waals surface area contributed by atoms with Crippen LogP contribution in [0.5, 0.6) is 11.5 Å². The first-order valence-corrected chi connectivity index (χ1v) is 15.8. The Morgan fingerprint density at radius 2 is 1.66 bits per heavy atom. The van der Waals surface area contributed by atoms with Crippen molar-refractivity contribution >= 4 is 21.8 Å². The Morgan fingerprint density at radius 3 is 2.43 bits per heavy atom. The minimum Gasteiger partial charge on any atom is -0.509 e. The third-order valence-corrected chi connectivity index (χ3v) is 8.48. The smallest absolute Gasteiger partial charge is 0.509 e. The third kappa shape index (κ3) is 6.55. The number of aromatic nitrogens is 4. The summed E-state index contributed by atoms with van der Waals surface area (Å²) >= 11 is 0. The summed E-state index contributed by atoms with van der Waals surface area (Å²) in [5.74, 6) is 1.99. The predicted molar refractivity (Wildman–Crippen MR) is 187 cm³/mol. The summed E-state index contributed by atoms with van der Waals surface area (Å²) in [7, 11) is 0. The molecule has 0 saturated carbocycles. The van der Waals surface area contributed by atoms with Gasteiger partial charge in [-0.3, -0.25) is 4.68 Å². The zero-order chi connectivity index (χ0) is 32.9. The topological polar surface area (TPSA) is 44.9 Å².